The van der Waals surface area contributed by atoms with Gasteiger partial charge in [0, 0.05) is 21.3 Å². The lowest BCUT2D eigenvalue weighted by Gasteiger charge is -2.10. The molecule has 3 aromatic carbocycles. The lowest BCUT2D eigenvalue weighted by molar-refractivity contribution is -0.113. The quantitative estimate of drug-likeness (QED) is 0.228. The number of unbranched alkanes of at least 4 members (excludes halogenated alkanes) is 1. The summed E-state index contributed by atoms with van der Waals surface area (Å²) in [6.07, 6.45) is 2.09. The predicted octanol–water partition coefficient (Wildman–Crippen LogP) is 7.16. The van der Waals surface area contributed by atoms with E-state index < -0.39 is 0 Å². The topological polar surface area (TPSA) is 67.4 Å². The fourth-order valence-corrected chi connectivity index (χ4v) is 4.10. The molecule has 0 atom stereocenters. The average Bonchev–Trinajstić information content (AvgIpc) is 2.79. The molecular formula is C25H24Cl2N2O3S. The molecule has 0 fully saturated rings. The van der Waals surface area contributed by atoms with Crippen molar-refractivity contribution in [2.75, 3.05) is 23.0 Å². The highest BCUT2D eigenvalue weighted by atomic mass is 35.5. The van der Waals surface area contributed by atoms with Crippen LogP contribution in [0.2, 0.25) is 10.0 Å². The van der Waals surface area contributed by atoms with Gasteiger partial charge in [0.25, 0.3) is 5.91 Å². The van der Waals surface area contributed by atoms with Crippen LogP contribution in [0.4, 0.5) is 11.4 Å². The Kier molecular flexibility index (Phi) is 9.48. The largest absolute Gasteiger partial charge is 0.494 e. The molecule has 33 heavy (non-hydrogen) atoms. The minimum Gasteiger partial charge on any atom is -0.494 e. The molecule has 0 aromatic heterocycles. The molecule has 3 aromatic rings. The second-order valence-electron chi connectivity index (χ2n) is 7.17. The average molecular weight is 503 g/mol. The van der Waals surface area contributed by atoms with E-state index in [1.165, 1.54) is 17.8 Å². The Morgan fingerprint density at radius 2 is 1.73 bits per heavy atom. The van der Waals surface area contributed by atoms with Crippen LogP contribution in [-0.4, -0.2) is 24.2 Å². The number of rotatable bonds is 10. The minimum absolute atomic E-state index is 0.123. The van der Waals surface area contributed by atoms with Crippen LogP contribution in [0, 0.1) is 0 Å². The van der Waals surface area contributed by atoms with E-state index in [-0.39, 0.29) is 22.6 Å². The van der Waals surface area contributed by atoms with Crippen LogP contribution in [0.1, 0.15) is 30.1 Å². The van der Waals surface area contributed by atoms with Crippen LogP contribution >= 0.6 is 35.0 Å². The molecule has 0 saturated carbocycles. The minimum atomic E-state index is -0.335. The number of hydrogen-bond acceptors (Lipinski definition) is 4. The van der Waals surface area contributed by atoms with Crippen molar-refractivity contribution in [3.63, 3.8) is 0 Å². The van der Waals surface area contributed by atoms with Crippen LogP contribution in [0.3, 0.4) is 0 Å². The molecule has 2 amide bonds. The van der Waals surface area contributed by atoms with Gasteiger partial charge in [-0.05, 0) is 67.1 Å². The van der Waals surface area contributed by atoms with Crippen molar-refractivity contribution in [3.8, 4) is 5.75 Å². The summed E-state index contributed by atoms with van der Waals surface area (Å²) in [4.78, 5) is 25.7. The van der Waals surface area contributed by atoms with E-state index in [0.717, 1.165) is 23.5 Å². The van der Waals surface area contributed by atoms with Gasteiger partial charge in [0.2, 0.25) is 5.91 Å². The molecule has 2 N–H and O–H groups in total. The molecule has 0 aliphatic carbocycles. The van der Waals surface area contributed by atoms with Crippen molar-refractivity contribution >= 4 is 58.2 Å². The van der Waals surface area contributed by atoms with Crippen molar-refractivity contribution in [1.29, 1.82) is 0 Å². The molecule has 0 heterocycles. The highest BCUT2D eigenvalue weighted by molar-refractivity contribution is 8.00. The third kappa shape index (κ3) is 8.00. The van der Waals surface area contributed by atoms with Crippen molar-refractivity contribution < 1.29 is 14.3 Å². The maximum atomic E-state index is 12.5. The van der Waals surface area contributed by atoms with Crippen molar-refractivity contribution in [1.82, 2.24) is 0 Å². The molecule has 8 heteroatoms. The van der Waals surface area contributed by atoms with Gasteiger partial charge in [0.15, 0.2) is 0 Å². The zero-order chi connectivity index (χ0) is 23.6. The first-order valence-electron chi connectivity index (χ1n) is 10.5. The van der Waals surface area contributed by atoms with Crippen LogP contribution in [-0.2, 0) is 4.79 Å². The molecule has 0 spiro atoms. The van der Waals surface area contributed by atoms with Crippen molar-refractivity contribution in [3.05, 3.63) is 82.3 Å². The normalized spacial score (nSPS) is 10.5. The number of amides is 2. The molecule has 0 radical (unpaired) electrons. The molecule has 0 unspecified atom stereocenters. The summed E-state index contributed by atoms with van der Waals surface area (Å²) in [5, 5.41) is 6.44. The number of hydrogen-bond donors (Lipinski definition) is 2. The zero-order valence-electron chi connectivity index (χ0n) is 18.1. The van der Waals surface area contributed by atoms with Crippen LogP contribution in [0.25, 0.3) is 0 Å². The van der Waals surface area contributed by atoms with Gasteiger partial charge in [-0.1, -0.05) is 42.6 Å². The van der Waals surface area contributed by atoms with E-state index in [4.69, 9.17) is 27.9 Å². The summed E-state index contributed by atoms with van der Waals surface area (Å²) in [6.45, 7) is 2.80. The van der Waals surface area contributed by atoms with Gasteiger partial charge >= 0.3 is 0 Å². The van der Waals surface area contributed by atoms with Gasteiger partial charge in [0.1, 0.15) is 5.75 Å². The molecular weight excluding hydrogens is 479 g/mol. The molecule has 172 valence electrons. The van der Waals surface area contributed by atoms with Gasteiger partial charge in [-0.25, -0.2) is 0 Å². The van der Waals surface area contributed by atoms with Crippen molar-refractivity contribution in [2.45, 2.75) is 24.7 Å². The molecule has 0 bridgehead atoms. The fourth-order valence-electron chi connectivity index (χ4n) is 2.85. The van der Waals surface area contributed by atoms with Gasteiger partial charge < -0.3 is 15.4 Å². The number of thioether (sulfide) groups is 1. The van der Waals surface area contributed by atoms with E-state index in [1.807, 2.05) is 42.5 Å². The first-order valence-corrected chi connectivity index (χ1v) is 12.2. The Morgan fingerprint density at radius 1 is 0.939 bits per heavy atom. The molecule has 0 aliphatic heterocycles. The standard InChI is InChI=1S/C25H24Cl2N2O3S/c1-2-3-13-32-20-10-8-18(9-11-20)28-24(30)16-33-21-6-4-5-19(15-21)29-25(31)22-12-7-17(26)14-23(22)27/h4-12,14-15H,2-3,13,16H2,1H3,(H,28,30)(H,29,31). The van der Waals surface area contributed by atoms with Gasteiger partial charge in [-0.3, -0.25) is 9.59 Å². The first-order chi connectivity index (χ1) is 15.9. The van der Waals surface area contributed by atoms with Crippen LogP contribution in [0.5, 0.6) is 5.75 Å². The molecule has 5 nitrogen and oxygen atoms in total. The second kappa shape index (κ2) is 12.5. The molecule has 0 saturated heterocycles. The molecule has 0 aliphatic rings. The number of nitrogens with one attached hydrogen (secondary N) is 2. The highest BCUT2D eigenvalue weighted by Gasteiger charge is 2.12. The Balaban J connectivity index is 1.51. The van der Waals surface area contributed by atoms with Crippen molar-refractivity contribution in [2.24, 2.45) is 0 Å². The van der Waals surface area contributed by atoms with Crippen LogP contribution in [0.15, 0.2) is 71.6 Å². The maximum Gasteiger partial charge on any atom is 0.257 e. The third-order valence-corrected chi connectivity index (χ3v) is 6.08. The second-order valence-corrected chi connectivity index (χ2v) is 9.06. The summed E-state index contributed by atoms with van der Waals surface area (Å²) in [6, 6.07) is 19.3. The Bertz CT molecular complexity index is 1110. The van der Waals surface area contributed by atoms with Gasteiger partial charge in [-0.2, -0.15) is 0 Å². The predicted molar refractivity (Wildman–Crippen MR) is 137 cm³/mol. The summed E-state index contributed by atoms with van der Waals surface area (Å²) in [7, 11) is 0. The van der Waals surface area contributed by atoms with E-state index in [1.54, 1.807) is 18.2 Å². The SMILES string of the molecule is CCCCOc1ccc(NC(=O)CSc2cccc(NC(=O)c3ccc(Cl)cc3Cl)c2)cc1. The summed E-state index contributed by atoms with van der Waals surface area (Å²) < 4.78 is 5.63. The lowest BCUT2D eigenvalue weighted by atomic mass is 10.2. The summed E-state index contributed by atoms with van der Waals surface area (Å²) in [5.41, 5.74) is 1.65. The van der Waals surface area contributed by atoms with Gasteiger partial charge in [0.05, 0.1) is 22.9 Å². The smallest absolute Gasteiger partial charge is 0.257 e. The van der Waals surface area contributed by atoms with Crippen LogP contribution < -0.4 is 15.4 Å². The van der Waals surface area contributed by atoms with E-state index in [2.05, 4.69) is 17.6 Å². The maximum absolute atomic E-state index is 12.5. The number of carbonyl (C=O) groups excluding carboxylic acids is 2. The first kappa shape index (κ1) is 25.0. The number of halogens is 2. The Labute approximate surface area is 207 Å². The number of benzene rings is 3. The number of anilines is 2. The fraction of sp³-hybridized carbons (Fsp3) is 0.200. The Hall–Kier alpha value is -2.67. The zero-order valence-corrected chi connectivity index (χ0v) is 20.4. The van der Waals surface area contributed by atoms with E-state index in [9.17, 15) is 9.59 Å². The third-order valence-electron chi connectivity index (χ3n) is 4.54. The monoisotopic (exact) mass is 502 g/mol. The lowest BCUT2D eigenvalue weighted by Crippen LogP contribution is -2.14. The Morgan fingerprint density at radius 3 is 2.45 bits per heavy atom. The highest BCUT2D eigenvalue weighted by Crippen LogP contribution is 2.25. The van der Waals surface area contributed by atoms with E-state index >= 15 is 0 Å². The molecule has 3 rings (SSSR count). The van der Waals surface area contributed by atoms with Gasteiger partial charge in [-0.15, -0.1) is 11.8 Å². The number of ether oxygens (including phenoxy) is 1. The summed E-state index contributed by atoms with van der Waals surface area (Å²) in [5.74, 6) is 0.560. The number of carbonyl (C=O) groups is 2. The summed E-state index contributed by atoms with van der Waals surface area (Å²) >= 11 is 13.4. The van der Waals surface area contributed by atoms with E-state index in [0.29, 0.717) is 28.6 Å².